The number of ether oxygens (including phenoxy) is 2. The summed E-state index contributed by atoms with van der Waals surface area (Å²) in [5, 5.41) is 9.26. The summed E-state index contributed by atoms with van der Waals surface area (Å²) >= 11 is 0. The molecule has 1 fully saturated rings. The molecule has 1 saturated heterocycles. The Morgan fingerprint density at radius 2 is 1.95 bits per heavy atom. The van der Waals surface area contributed by atoms with Gasteiger partial charge in [-0.15, -0.1) is 0 Å². The van der Waals surface area contributed by atoms with Gasteiger partial charge in [0.2, 0.25) is 0 Å². The molecular weight excluding hydrogens is 290 g/mol. The summed E-state index contributed by atoms with van der Waals surface area (Å²) in [4.78, 5) is 35.5. The van der Waals surface area contributed by atoms with Crippen molar-refractivity contribution in [3.05, 3.63) is 35.9 Å². The minimum atomic E-state index is -1.22. The van der Waals surface area contributed by atoms with Crippen molar-refractivity contribution in [1.29, 1.82) is 0 Å². The maximum Gasteiger partial charge on any atom is 0.410 e. The fourth-order valence-electron chi connectivity index (χ4n) is 2.40. The molecule has 0 saturated carbocycles. The third-order valence-electron chi connectivity index (χ3n) is 3.35. The lowest BCUT2D eigenvalue weighted by molar-refractivity contribution is -0.154. The molecule has 0 aliphatic carbocycles. The molecule has 0 spiro atoms. The number of carbonyl (C=O) groups excluding carboxylic acids is 2. The molecule has 0 aromatic heterocycles. The number of carboxylic acids is 1. The molecule has 7 nitrogen and oxygen atoms in total. The molecule has 0 radical (unpaired) electrons. The number of nitrogens with zero attached hydrogens (tertiary/aromatic N) is 1. The lowest BCUT2D eigenvalue weighted by atomic mass is 10.2. The Balaban J connectivity index is 1.99. The topological polar surface area (TPSA) is 93.1 Å². The molecule has 2 atom stereocenters. The molecule has 1 aromatic rings. The lowest BCUT2D eigenvalue weighted by Gasteiger charge is -2.23. The quantitative estimate of drug-likeness (QED) is 0.845. The molecule has 1 amide bonds. The van der Waals surface area contributed by atoms with Crippen molar-refractivity contribution in [3.63, 3.8) is 0 Å². The van der Waals surface area contributed by atoms with Crippen LogP contribution in [-0.2, 0) is 25.7 Å². The molecule has 1 aliphatic heterocycles. The van der Waals surface area contributed by atoms with Crippen LogP contribution in [0.4, 0.5) is 4.79 Å². The fourth-order valence-corrected chi connectivity index (χ4v) is 2.40. The van der Waals surface area contributed by atoms with E-state index in [-0.39, 0.29) is 19.6 Å². The highest BCUT2D eigenvalue weighted by molar-refractivity contribution is 5.82. The number of amides is 1. The van der Waals surface area contributed by atoms with E-state index in [1.807, 2.05) is 18.2 Å². The summed E-state index contributed by atoms with van der Waals surface area (Å²) in [7, 11) is 0. The highest BCUT2D eigenvalue weighted by atomic mass is 16.6. The zero-order chi connectivity index (χ0) is 16.1. The number of rotatable bonds is 4. The Kier molecular flexibility index (Phi) is 4.98. The first-order valence-electron chi connectivity index (χ1n) is 6.86. The van der Waals surface area contributed by atoms with Crippen molar-refractivity contribution in [2.24, 2.45) is 0 Å². The summed E-state index contributed by atoms with van der Waals surface area (Å²) in [5.74, 6) is -1.80. The summed E-state index contributed by atoms with van der Waals surface area (Å²) in [6, 6.07) is 7.86. The van der Waals surface area contributed by atoms with Crippen molar-refractivity contribution >= 4 is 18.0 Å². The maximum absolute atomic E-state index is 12.1. The van der Waals surface area contributed by atoms with Crippen molar-refractivity contribution in [2.75, 3.05) is 6.54 Å². The predicted octanol–water partition coefficient (Wildman–Crippen LogP) is 1.41. The smallest absolute Gasteiger partial charge is 0.410 e. The van der Waals surface area contributed by atoms with E-state index in [0.717, 1.165) is 10.5 Å². The number of esters is 1. The average molecular weight is 307 g/mol. The van der Waals surface area contributed by atoms with Crippen LogP contribution in [-0.4, -0.2) is 46.7 Å². The van der Waals surface area contributed by atoms with Crippen molar-refractivity contribution < 1.29 is 29.0 Å². The number of carbonyl (C=O) groups is 3. The van der Waals surface area contributed by atoms with Crippen molar-refractivity contribution in [3.8, 4) is 0 Å². The molecule has 7 heteroatoms. The third-order valence-corrected chi connectivity index (χ3v) is 3.35. The molecule has 0 bridgehead atoms. The Morgan fingerprint density at radius 1 is 1.27 bits per heavy atom. The number of likely N-dealkylation sites (tertiary alicyclic amines) is 1. The number of carboxylic acid groups (broad SMARTS) is 1. The molecule has 1 N–H and O–H groups in total. The Bertz CT molecular complexity index is 558. The van der Waals surface area contributed by atoms with Crippen LogP contribution in [0.1, 0.15) is 18.9 Å². The van der Waals surface area contributed by atoms with Gasteiger partial charge in [-0.2, -0.15) is 0 Å². The van der Waals surface area contributed by atoms with Crippen LogP contribution in [0.2, 0.25) is 0 Å². The van der Waals surface area contributed by atoms with Crippen LogP contribution in [0.3, 0.4) is 0 Å². The Hall–Kier alpha value is -2.57. The SMILES string of the molecule is CC(=O)O[C@H]1CCN(C(=O)OCc2ccccc2)[C@@H]1C(=O)O. The number of hydrogen-bond acceptors (Lipinski definition) is 5. The molecule has 22 heavy (non-hydrogen) atoms. The minimum absolute atomic E-state index is 0.0563. The van der Waals surface area contributed by atoms with Gasteiger partial charge in [-0.25, -0.2) is 9.59 Å². The standard InChI is InChI=1S/C15H17NO6/c1-10(17)22-12-7-8-16(13(12)14(18)19)15(20)21-9-11-5-3-2-4-6-11/h2-6,12-13H,7-9H2,1H3,(H,18,19)/t12-,13-/m0/s1. The molecule has 118 valence electrons. The van der Waals surface area contributed by atoms with Gasteiger partial charge in [-0.1, -0.05) is 30.3 Å². The van der Waals surface area contributed by atoms with Crippen molar-refractivity contribution in [1.82, 2.24) is 4.90 Å². The lowest BCUT2D eigenvalue weighted by Crippen LogP contribution is -2.46. The van der Waals surface area contributed by atoms with Gasteiger partial charge in [0.15, 0.2) is 6.04 Å². The zero-order valence-corrected chi connectivity index (χ0v) is 12.1. The Morgan fingerprint density at radius 3 is 2.55 bits per heavy atom. The van der Waals surface area contributed by atoms with E-state index >= 15 is 0 Å². The fraction of sp³-hybridized carbons (Fsp3) is 0.400. The van der Waals surface area contributed by atoms with E-state index in [4.69, 9.17) is 9.47 Å². The molecule has 1 aliphatic rings. The Labute approximate surface area is 127 Å². The second-order valence-electron chi connectivity index (χ2n) is 4.95. The number of benzene rings is 1. The first kappa shape index (κ1) is 15.8. The van der Waals surface area contributed by atoms with Crippen LogP contribution >= 0.6 is 0 Å². The van der Waals surface area contributed by atoms with Gasteiger partial charge in [-0.3, -0.25) is 9.69 Å². The van der Waals surface area contributed by atoms with Crippen LogP contribution < -0.4 is 0 Å². The predicted molar refractivity (Wildman–Crippen MR) is 74.9 cm³/mol. The minimum Gasteiger partial charge on any atom is -0.480 e. The van der Waals surface area contributed by atoms with Crippen LogP contribution in [0.15, 0.2) is 30.3 Å². The van der Waals surface area contributed by atoms with Crippen LogP contribution in [0, 0.1) is 0 Å². The van der Waals surface area contributed by atoms with Gasteiger partial charge >= 0.3 is 18.0 Å². The van der Waals surface area contributed by atoms with Gasteiger partial charge < -0.3 is 14.6 Å². The van der Waals surface area contributed by atoms with Crippen molar-refractivity contribution in [2.45, 2.75) is 32.1 Å². The van der Waals surface area contributed by atoms with Gasteiger partial charge in [0.05, 0.1) is 0 Å². The monoisotopic (exact) mass is 307 g/mol. The second kappa shape index (κ2) is 6.93. The van der Waals surface area contributed by atoms with Crippen LogP contribution in [0.5, 0.6) is 0 Å². The molecule has 2 rings (SSSR count). The average Bonchev–Trinajstić information content (AvgIpc) is 2.89. The largest absolute Gasteiger partial charge is 0.480 e. The summed E-state index contributed by atoms with van der Waals surface area (Å²) in [5.41, 5.74) is 0.804. The van der Waals surface area contributed by atoms with Crippen LogP contribution in [0.25, 0.3) is 0 Å². The van der Waals surface area contributed by atoms with E-state index in [2.05, 4.69) is 0 Å². The second-order valence-corrected chi connectivity index (χ2v) is 4.95. The first-order chi connectivity index (χ1) is 10.5. The normalized spacial score (nSPS) is 20.5. The highest BCUT2D eigenvalue weighted by Gasteiger charge is 2.44. The van der Waals surface area contributed by atoms with E-state index < -0.39 is 30.2 Å². The van der Waals surface area contributed by atoms with E-state index in [9.17, 15) is 19.5 Å². The molecular formula is C15H17NO6. The highest BCUT2D eigenvalue weighted by Crippen LogP contribution is 2.23. The third kappa shape index (κ3) is 3.75. The van der Waals surface area contributed by atoms with Gasteiger partial charge in [0.25, 0.3) is 0 Å². The molecule has 1 heterocycles. The van der Waals surface area contributed by atoms with E-state index in [1.54, 1.807) is 12.1 Å². The summed E-state index contributed by atoms with van der Waals surface area (Å²) < 4.78 is 10.1. The van der Waals surface area contributed by atoms with Gasteiger partial charge in [0, 0.05) is 19.9 Å². The van der Waals surface area contributed by atoms with E-state index in [0.29, 0.717) is 0 Å². The zero-order valence-electron chi connectivity index (χ0n) is 12.1. The summed E-state index contributed by atoms with van der Waals surface area (Å²) in [6.45, 7) is 1.43. The molecule has 0 unspecified atom stereocenters. The first-order valence-corrected chi connectivity index (χ1v) is 6.86. The number of aliphatic carboxylic acids is 1. The maximum atomic E-state index is 12.1. The van der Waals surface area contributed by atoms with Gasteiger partial charge in [-0.05, 0) is 5.56 Å². The van der Waals surface area contributed by atoms with Gasteiger partial charge in [0.1, 0.15) is 12.7 Å². The molecule has 1 aromatic carbocycles. The van der Waals surface area contributed by atoms with E-state index in [1.165, 1.54) is 6.92 Å². The number of hydrogen-bond donors (Lipinski definition) is 1. The summed E-state index contributed by atoms with van der Waals surface area (Å²) in [6.07, 6.45) is -1.30.